The van der Waals surface area contributed by atoms with Gasteiger partial charge >= 0.3 is 5.97 Å². The van der Waals surface area contributed by atoms with Crippen molar-refractivity contribution >= 4 is 29.2 Å². The number of aryl methyl sites for hydroxylation is 3. The van der Waals surface area contributed by atoms with Gasteiger partial charge in [0.15, 0.2) is 6.61 Å². The summed E-state index contributed by atoms with van der Waals surface area (Å²) in [4.78, 5) is 38.4. The van der Waals surface area contributed by atoms with Crippen LogP contribution in [-0.2, 0) is 25.5 Å². The molecular weight excluding hydrogens is 368 g/mol. The Hall–Kier alpha value is -3.15. The first-order valence-electron chi connectivity index (χ1n) is 9.79. The third-order valence-corrected chi connectivity index (χ3v) is 4.97. The van der Waals surface area contributed by atoms with E-state index in [2.05, 4.69) is 12.2 Å². The molecule has 1 aliphatic rings. The molecule has 2 aromatic rings. The Balaban J connectivity index is 1.53. The van der Waals surface area contributed by atoms with Gasteiger partial charge in [-0.1, -0.05) is 25.1 Å². The average Bonchev–Trinajstić information content (AvgIpc) is 3.08. The van der Waals surface area contributed by atoms with E-state index in [9.17, 15) is 14.4 Å². The molecule has 1 saturated heterocycles. The second-order valence-corrected chi connectivity index (χ2v) is 7.46. The zero-order valence-electron chi connectivity index (χ0n) is 17.0. The highest BCUT2D eigenvalue weighted by Gasteiger charge is 2.36. The predicted octanol–water partition coefficient (Wildman–Crippen LogP) is 3.40. The number of esters is 1. The third-order valence-electron chi connectivity index (χ3n) is 4.97. The van der Waals surface area contributed by atoms with Crippen LogP contribution in [0.3, 0.4) is 0 Å². The first kappa shape index (κ1) is 20.6. The number of nitrogens with zero attached hydrogens (tertiary/aromatic N) is 1. The maximum absolute atomic E-state index is 12.4. The van der Waals surface area contributed by atoms with Crippen LogP contribution >= 0.6 is 0 Å². The zero-order valence-corrected chi connectivity index (χ0v) is 17.0. The molecule has 0 saturated carbocycles. The fourth-order valence-corrected chi connectivity index (χ4v) is 3.50. The molecule has 0 bridgehead atoms. The molecule has 3 rings (SSSR count). The van der Waals surface area contributed by atoms with Crippen molar-refractivity contribution < 1.29 is 19.1 Å². The van der Waals surface area contributed by atoms with E-state index in [1.807, 2.05) is 56.3 Å². The van der Waals surface area contributed by atoms with Crippen LogP contribution in [0.5, 0.6) is 0 Å². The number of amides is 2. The molecule has 29 heavy (non-hydrogen) atoms. The van der Waals surface area contributed by atoms with E-state index in [-0.39, 0.29) is 25.5 Å². The summed E-state index contributed by atoms with van der Waals surface area (Å²) in [5.74, 6) is -1.61. The van der Waals surface area contributed by atoms with Gasteiger partial charge in [0.1, 0.15) is 0 Å². The third kappa shape index (κ3) is 5.22. The summed E-state index contributed by atoms with van der Waals surface area (Å²) in [6.07, 6.45) is 1.01. The zero-order chi connectivity index (χ0) is 21.0. The molecule has 152 valence electrons. The quantitative estimate of drug-likeness (QED) is 0.762. The molecule has 1 heterocycles. The molecule has 2 aromatic carbocycles. The van der Waals surface area contributed by atoms with E-state index in [0.717, 1.165) is 23.2 Å². The van der Waals surface area contributed by atoms with Gasteiger partial charge in [-0.25, -0.2) is 0 Å². The van der Waals surface area contributed by atoms with Crippen molar-refractivity contribution in [3.05, 3.63) is 59.2 Å². The normalized spacial score (nSPS) is 16.0. The van der Waals surface area contributed by atoms with Gasteiger partial charge in [0.05, 0.1) is 5.92 Å². The van der Waals surface area contributed by atoms with Crippen LogP contribution in [-0.4, -0.2) is 30.9 Å². The summed E-state index contributed by atoms with van der Waals surface area (Å²) in [7, 11) is 0. The number of carbonyl (C=O) groups is 3. The number of hydrogen-bond donors (Lipinski definition) is 1. The Morgan fingerprint density at radius 3 is 2.38 bits per heavy atom. The lowest BCUT2D eigenvalue weighted by Gasteiger charge is -2.18. The van der Waals surface area contributed by atoms with Gasteiger partial charge in [-0.15, -0.1) is 0 Å². The van der Waals surface area contributed by atoms with Crippen molar-refractivity contribution in [2.45, 2.75) is 33.6 Å². The van der Waals surface area contributed by atoms with Crippen LogP contribution in [0.25, 0.3) is 0 Å². The van der Waals surface area contributed by atoms with E-state index in [4.69, 9.17) is 4.74 Å². The molecule has 0 unspecified atom stereocenters. The Bertz CT molecular complexity index is 901. The summed E-state index contributed by atoms with van der Waals surface area (Å²) in [5, 5.41) is 2.70. The average molecular weight is 394 g/mol. The highest BCUT2D eigenvalue weighted by molar-refractivity contribution is 6.00. The highest BCUT2D eigenvalue weighted by Crippen LogP contribution is 2.27. The maximum Gasteiger partial charge on any atom is 0.311 e. The molecule has 0 aliphatic carbocycles. The molecule has 1 fully saturated rings. The predicted molar refractivity (Wildman–Crippen MR) is 112 cm³/mol. The van der Waals surface area contributed by atoms with Crippen molar-refractivity contribution in [3.63, 3.8) is 0 Å². The van der Waals surface area contributed by atoms with Crippen molar-refractivity contribution in [1.29, 1.82) is 0 Å². The summed E-state index contributed by atoms with van der Waals surface area (Å²) in [5.41, 5.74) is 4.73. The SMILES string of the molecule is CCc1ccc(NC(=O)COC(=O)[C@H]2CC(=O)N(c3cc(C)cc(C)c3)C2)cc1. The smallest absolute Gasteiger partial charge is 0.311 e. The maximum atomic E-state index is 12.4. The molecule has 1 aliphatic heterocycles. The summed E-state index contributed by atoms with van der Waals surface area (Å²) in [6, 6.07) is 13.4. The van der Waals surface area contributed by atoms with Crippen molar-refractivity contribution in [1.82, 2.24) is 0 Å². The minimum absolute atomic E-state index is 0.0892. The van der Waals surface area contributed by atoms with Crippen LogP contribution in [0.4, 0.5) is 11.4 Å². The van der Waals surface area contributed by atoms with E-state index in [1.165, 1.54) is 5.56 Å². The van der Waals surface area contributed by atoms with Crippen molar-refractivity contribution in [2.75, 3.05) is 23.4 Å². The summed E-state index contributed by atoms with van der Waals surface area (Å²) < 4.78 is 5.15. The lowest BCUT2D eigenvalue weighted by molar-refractivity contribution is -0.151. The minimum atomic E-state index is -0.569. The largest absolute Gasteiger partial charge is 0.455 e. The van der Waals surface area contributed by atoms with E-state index in [1.54, 1.807) is 4.90 Å². The van der Waals surface area contributed by atoms with Gasteiger partial charge in [0.2, 0.25) is 5.91 Å². The topological polar surface area (TPSA) is 75.7 Å². The minimum Gasteiger partial charge on any atom is -0.455 e. The lowest BCUT2D eigenvalue weighted by Crippen LogP contribution is -2.28. The van der Waals surface area contributed by atoms with Crippen molar-refractivity contribution in [2.24, 2.45) is 5.92 Å². The van der Waals surface area contributed by atoms with E-state index < -0.39 is 17.8 Å². The number of benzene rings is 2. The van der Waals surface area contributed by atoms with Gasteiger partial charge in [-0.2, -0.15) is 0 Å². The molecule has 2 amide bonds. The van der Waals surface area contributed by atoms with Gasteiger partial charge in [-0.05, 0) is 61.2 Å². The van der Waals surface area contributed by atoms with Crippen LogP contribution < -0.4 is 10.2 Å². The van der Waals surface area contributed by atoms with E-state index >= 15 is 0 Å². The fourth-order valence-electron chi connectivity index (χ4n) is 3.50. The summed E-state index contributed by atoms with van der Waals surface area (Å²) in [6.45, 7) is 5.89. The molecule has 6 heteroatoms. The second kappa shape index (κ2) is 8.90. The van der Waals surface area contributed by atoms with Crippen LogP contribution in [0.1, 0.15) is 30.0 Å². The first-order chi connectivity index (χ1) is 13.9. The number of ether oxygens (including phenoxy) is 1. The molecule has 1 atom stereocenters. The number of hydrogen-bond acceptors (Lipinski definition) is 4. The Morgan fingerprint density at radius 2 is 1.76 bits per heavy atom. The second-order valence-electron chi connectivity index (χ2n) is 7.46. The van der Waals surface area contributed by atoms with Gasteiger partial charge in [-0.3, -0.25) is 14.4 Å². The van der Waals surface area contributed by atoms with Crippen LogP contribution in [0.2, 0.25) is 0 Å². The number of nitrogens with one attached hydrogen (secondary N) is 1. The first-order valence-corrected chi connectivity index (χ1v) is 9.79. The molecule has 0 radical (unpaired) electrons. The lowest BCUT2D eigenvalue weighted by atomic mass is 10.1. The Morgan fingerprint density at radius 1 is 1.10 bits per heavy atom. The fraction of sp³-hybridized carbons (Fsp3) is 0.348. The molecule has 0 spiro atoms. The van der Waals surface area contributed by atoms with Crippen LogP contribution in [0.15, 0.2) is 42.5 Å². The van der Waals surface area contributed by atoms with Crippen molar-refractivity contribution in [3.8, 4) is 0 Å². The number of anilines is 2. The molecule has 6 nitrogen and oxygen atoms in total. The van der Waals surface area contributed by atoms with Gasteiger partial charge in [0.25, 0.3) is 5.91 Å². The number of carbonyl (C=O) groups excluding carboxylic acids is 3. The summed E-state index contributed by atoms with van der Waals surface area (Å²) >= 11 is 0. The standard InChI is InChI=1S/C23H26N2O4/c1-4-17-5-7-19(8-6-17)24-21(26)14-29-23(28)18-12-22(27)25(13-18)20-10-15(2)9-16(3)11-20/h5-11,18H,4,12-14H2,1-3H3,(H,24,26)/t18-/m0/s1. The molecule has 1 N–H and O–H groups in total. The Labute approximate surface area is 170 Å². The highest BCUT2D eigenvalue weighted by atomic mass is 16.5. The monoisotopic (exact) mass is 394 g/mol. The van der Waals surface area contributed by atoms with Gasteiger partial charge in [0, 0.05) is 24.3 Å². The van der Waals surface area contributed by atoms with Gasteiger partial charge < -0.3 is 15.0 Å². The van der Waals surface area contributed by atoms with E-state index in [0.29, 0.717) is 5.69 Å². The Kier molecular flexibility index (Phi) is 6.32. The molecule has 0 aromatic heterocycles. The molecular formula is C23H26N2O4. The van der Waals surface area contributed by atoms with Crippen LogP contribution in [0, 0.1) is 19.8 Å². The number of rotatable bonds is 6.